The summed E-state index contributed by atoms with van der Waals surface area (Å²) >= 11 is 6.35. The Kier molecular flexibility index (Phi) is 7.70. The van der Waals surface area contributed by atoms with E-state index in [2.05, 4.69) is 27.1 Å². The number of rotatable bonds is 4. The third-order valence-electron chi connectivity index (χ3n) is 7.17. The van der Waals surface area contributed by atoms with E-state index in [4.69, 9.17) is 16.3 Å². The highest BCUT2D eigenvalue weighted by atomic mass is 35.5. The molecule has 216 valence electrons. The minimum atomic E-state index is -0.524. The molecule has 1 saturated heterocycles. The number of nitrogens with zero attached hydrogens (tertiary/aromatic N) is 6. The number of para-hydroxylation sites is 1. The lowest BCUT2D eigenvalue weighted by Gasteiger charge is -2.45. The van der Waals surface area contributed by atoms with Gasteiger partial charge in [0.25, 0.3) is 5.91 Å². The van der Waals surface area contributed by atoms with Crippen molar-refractivity contribution in [3.8, 4) is 0 Å². The molecule has 1 aromatic heterocycles. The van der Waals surface area contributed by atoms with Crippen LogP contribution in [0.4, 0.5) is 33.6 Å². The van der Waals surface area contributed by atoms with Crippen molar-refractivity contribution in [1.82, 2.24) is 14.9 Å². The molecule has 5 rings (SSSR count). The van der Waals surface area contributed by atoms with Crippen LogP contribution in [0.25, 0.3) is 0 Å². The maximum atomic E-state index is 13.2. The van der Waals surface area contributed by atoms with Gasteiger partial charge in [-0.2, -0.15) is 4.98 Å². The zero-order chi connectivity index (χ0) is 29.5. The van der Waals surface area contributed by atoms with E-state index < -0.39 is 5.60 Å². The maximum Gasteiger partial charge on any atom is 0.410 e. The van der Waals surface area contributed by atoms with Crippen molar-refractivity contribution in [2.75, 3.05) is 46.8 Å². The second kappa shape index (κ2) is 11.1. The van der Waals surface area contributed by atoms with E-state index in [1.54, 1.807) is 17.2 Å². The van der Waals surface area contributed by atoms with Crippen LogP contribution >= 0.6 is 11.6 Å². The minimum absolute atomic E-state index is 0.0105. The average molecular weight is 578 g/mol. The summed E-state index contributed by atoms with van der Waals surface area (Å²) in [4.78, 5) is 42.6. The molecule has 1 fully saturated rings. The predicted molar refractivity (Wildman–Crippen MR) is 162 cm³/mol. The molecular weight excluding hydrogens is 542 g/mol. The van der Waals surface area contributed by atoms with Crippen molar-refractivity contribution in [2.45, 2.75) is 52.3 Å². The fourth-order valence-electron chi connectivity index (χ4n) is 5.15. The van der Waals surface area contributed by atoms with Crippen LogP contribution in [0.2, 0.25) is 5.02 Å². The first-order valence-corrected chi connectivity index (χ1v) is 14.1. The molecule has 2 aliphatic rings. The third-order valence-corrected chi connectivity index (χ3v) is 7.49. The first-order chi connectivity index (χ1) is 19.4. The number of hydrogen-bond acceptors (Lipinski definition) is 8. The van der Waals surface area contributed by atoms with Crippen LogP contribution < -0.4 is 20.0 Å². The second-order valence-corrected chi connectivity index (χ2v) is 12.0. The standard InChI is InChI=1S/C30H36ClN7O3/c1-19-17-37(29(40)41-30(3,4)5)20(2)16-36(19)22-13-11-21(12-14-22)33-28-32-15-23-26(34-28)35(6)18-38(27(23)39)25-10-8-7-9-24(25)31/h7-15,19-20H,16-18H2,1-6H3,(H,32,33,34)/t19-,20+/m1/s1. The topological polar surface area (TPSA) is 94.1 Å². The van der Waals surface area contributed by atoms with Gasteiger partial charge in [-0.3, -0.25) is 9.69 Å². The number of nitrogens with one attached hydrogen (secondary N) is 1. The van der Waals surface area contributed by atoms with Gasteiger partial charge >= 0.3 is 6.09 Å². The molecule has 2 aliphatic heterocycles. The predicted octanol–water partition coefficient (Wildman–Crippen LogP) is 5.76. The molecule has 1 N–H and O–H groups in total. The quantitative estimate of drug-likeness (QED) is 0.418. The van der Waals surface area contributed by atoms with E-state index in [-0.39, 0.29) is 24.1 Å². The van der Waals surface area contributed by atoms with Crippen molar-refractivity contribution < 1.29 is 14.3 Å². The fraction of sp³-hybridized carbons (Fsp3) is 0.400. The number of hydrogen-bond donors (Lipinski definition) is 1. The van der Waals surface area contributed by atoms with Crippen molar-refractivity contribution in [2.24, 2.45) is 0 Å². The first-order valence-electron chi connectivity index (χ1n) is 13.7. The second-order valence-electron chi connectivity index (χ2n) is 11.6. The smallest absolute Gasteiger partial charge is 0.410 e. The number of fused-ring (bicyclic) bond motifs is 1. The Bertz CT molecular complexity index is 1440. The monoisotopic (exact) mass is 577 g/mol. The van der Waals surface area contributed by atoms with E-state index in [0.29, 0.717) is 47.8 Å². The van der Waals surface area contributed by atoms with Crippen LogP contribution in [0.5, 0.6) is 0 Å². The molecule has 2 aromatic carbocycles. The van der Waals surface area contributed by atoms with Crippen molar-refractivity contribution >= 4 is 52.4 Å². The number of anilines is 5. The van der Waals surface area contributed by atoms with Crippen LogP contribution in [0.3, 0.4) is 0 Å². The fourth-order valence-corrected chi connectivity index (χ4v) is 5.38. The van der Waals surface area contributed by atoms with E-state index in [1.165, 1.54) is 0 Å². The van der Waals surface area contributed by atoms with Crippen LogP contribution in [-0.4, -0.2) is 71.4 Å². The molecule has 0 spiro atoms. The van der Waals surface area contributed by atoms with Gasteiger partial charge in [0.15, 0.2) is 0 Å². The number of aromatic nitrogens is 2. The van der Waals surface area contributed by atoms with Gasteiger partial charge in [0.05, 0.1) is 17.4 Å². The molecule has 2 atom stereocenters. The summed E-state index contributed by atoms with van der Waals surface area (Å²) in [7, 11) is 1.88. The molecule has 0 saturated carbocycles. The third kappa shape index (κ3) is 6.02. The van der Waals surface area contributed by atoms with Gasteiger partial charge in [0.2, 0.25) is 5.95 Å². The highest BCUT2D eigenvalue weighted by Gasteiger charge is 2.35. The van der Waals surface area contributed by atoms with E-state index in [9.17, 15) is 9.59 Å². The molecule has 11 heteroatoms. The van der Waals surface area contributed by atoms with Crippen LogP contribution in [0.1, 0.15) is 45.0 Å². The van der Waals surface area contributed by atoms with Gasteiger partial charge in [0, 0.05) is 49.8 Å². The molecule has 0 aliphatic carbocycles. The number of amides is 2. The zero-order valence-electron chi connectivity index (χ0n) is 24.3. The van der Waals surface area contributed by atoms with E-state index >= 15 is 0 Å². The molecule has 10 nitrogen and oxygen atoms in total. The normalized spacial score (nSPS) is 19.2. The van der Waals surface area contributed by atoms with Gasteiger partial charge < -0.3 is 24.8 Å². The van der Waals surface area contributed by atoms with E-state index in [0.717, 1.165) is 11.4 Å². The van der Waals surface area contributed by atoms with Crippen LogP contribution in [0.15, 0.2) is 54.7 Å². The lowest BCUT2D eigenvalue weighted by molar-refractivity contribution is 0.0130. The van der Waals surface area contributed by atoms with Crippen molar-refractivity contribution in [3.63, 3.8) is 0 Å². The van der Waals surface area contributed by atoms with Gasteiger partial charge in [0.1, 0.15) is 17.0 Å². The largest absolute Gasteiger partial charge is 0.444 e. The lowest BCUT2D eigenvalue weighted by Crippen LogP contribution is -2.59. The first kappa shape index (κ1) is 28.5. The molecule has 3 heterocycles. The molecule has 0 bridgehead atoms. The Morgan fingerprint density at radius 3 is 2.44 bits per heavy atom. The molecule has 2 amide bonds. The maximum absolute atomic E-state index is 13.2. The molecule has 0 radical (unpaired) electrons. The van der Waals surface area contributed by atoms with Crippen LogP contribution in [0, 0.1) is 0 Å². The Morgan fingerprint density at radius 1 is 1.05 bits per heavy atom. The highest BCUT2D eigenvalue weighted by molar-refractivity contribution is 6.34. The van der Waals surface area contributed by atoms with Gasteiger partial charge in [-0.15, -0.1) is 0 Å². The number of benzene rings is 2. The number of carbonyl (C=O) groups excluding carboxylic acids is 2. The highest BCUT2D eigenvalue weighted by Crippen LogP contribution is 2.33. The lowest BCUT2D eigenvalue weighted by atomic mass is 10.1. The number of piperazine rings is 1. The average Bonchev–Trinajstić information content (AvgIpc) is 2.92. The Labute approximate surface area is 245 Å². The summed E-state index contributed by atoms with van der Waals surface area (Å²) in [6, 6.07) is 15.4. The number of carbonyl (C=O) groups is 2. The Hall–Kier alpha value is -4.05. The molecule has 3 aromatic rings. The van der Waals surface area contributed by atoms with Gasteiger partial charge in [-0.1, -0.05) is 23.7 Å². The summed E-state index contributed by atoms with van der Waals surface area (Å²) in [5.74, 6) is 0.755. The summed E-state index contributed by atoms with van der Waals surface area (Å²) in [6.45, 7) is 11.4. The molecule has 41 heavy (non-hydrogen) atoms. The van der Waals surface area contributed by atoms with Crippen LogP contribution in [-0.2, 0) is 4.74 Å². The number of halogens is 1. The summed E-state index contributed by atoms with van der Waals surface area (Å²) in [5.41, 5.74) is 2.42. The van der Waals surface area contributed by atoms with Gasteiger partial charge in [-0.25, -0.2) is 9.78 Å². The van der Waals surface area contributed by atoms with E-state index in [1.807, 2.05) is 87.0 Å². The van der Waals surface area contributed by atoms with Crippen molar-refractivity contribution in [1.29, 1.82) is 0 Å². The van der Waals surface area contributed by atoms with Crippen molar-refractivity contribution in [3.05, 3.63) is 65.3 Å². The Morgan fingerprint density at radius 2 is 1.76 bits per heavy atom. The summed E-state index contributed by atoms with van der Waals surface area (Å²) < 4.78 is 5.61. The molecule has 0 unspecified atom stereocenters. The van der Waals surface area contributed by atoms with Gasteiger partial charge in [-0.05, 0) is 71.0 Å². The Balaban J connectivity index is 1.26. The summed E-state index contributed by atoms with van der Waals surface area (Å²) in [5, 5.41) is 3.76. The molecular formula is C30H36ClN7O3. The summed E-state index contributed by atoms with van der Waals surface area (Å²) in [6.07, 6.45) is 1.28. The number of ether oxygens (including phenoxy) is 1. The SMILES string of the molecule is C[C@@H]1CN(C(=O)OC(C)(C)C)[C@@H](C)CN1c1ccc(Nc2ncc3c(n2)N(C)CN(c2ccccc2Cl)C3=O)cc1. The zero-order valence-corrected chi connectivity index (χ0v) is 25.0. The minimum Gasteiger partial charge on any atom is -0.444 e.